The summed E-state index contributed by atoms with van der Waals surface area (Å²) in [6, 6.07) is 9.37. The maximum absolute atomic E-state index is 11.4. The molecule has 0 fully saturated rings. The number of benzene rings is 2. The first-order valence-corrected chi connectivity index (χ1v) is 6.18. The third-order valence-electron chi connectivity index (χ3n) is 2.33. The Morgan fingerprint density at radius 1 is 1.19 bits per heavy atom. The van der Waals surface area contributed by atoms with E-state index in [9.17, 15) is 4.79 Å². The summed E-state index contributed by atoms with van der Waals surface area (Å²) in [6.07, 6.45) is 0. The van der Waals surface area contributed by atoms with Crippen molar-refractivity contribution in [1.29, 1.82) is 0 Å². The van der Waals surface area contributed by atoms with E-state index in [1.165, 1.54) is 7.11 Å². The summed E-state index contributed by atoms with van der Waals surface area (Å²) < 4.78 is 6.66. The molecule has 0 aliphatic rings. The molecule has 2 aromatic rings. The molecule has 0 saturated carbocycles. The van der Waals surface area contributed by atoms with Crippen molar-refractivity contribution in [2.45, 2.75) is 0 Å². The minimum Gasteiger partial charge on any atom is -0.465 e. The van der Waals surface area contributed by atoms with Gasteiger partial charge in [-0.25, -0.2) is 4.79 Å². The van der Waals surface area contributed by atoms with Gasteiger partial charge in [0.15, 0.2) is 0 Å². The van der Waals surface area contributed by atoms with E-state index < -0.39 is 0 Å². The fourth-order valence-corrected chi connectivity index (χ4v) is 2.35. The summed E-state index contributed by atoms with van der Waals surface area (Å²) in [5.41, 5.74) is 0.559. The second-order valence-electron chi connectivity index (χ2n) is 3.29. The zero-order valence-corrected chi connectivity index (χ0v) is 11.6. The van der Waals surface area contributed by atoms with Crippen molar-refractivity contribution in [2.75, 3.05) is 7.11 Å². The van der Waals surface area contributed by atoms with Crippen LogP contribution in [0.25, 0.3) is 10.8 Å². The molecule has 0 heterocycles. The third kappa shape index (κ3) is 1.99. The molecule has 0 unspecified atom stereocenters. The van der Waals surface area contributed by atoms with Gasteiger partial charge in [-0.3, -0.25) is 0 Å². The van der Waals surface area contributed by atoms with E-state index in [4.69, 9.17) is 0 Å². The molecular formula is C12H8Br2O2. The lowest BCUT2D eigenvalue weighted by Crippen LogP contribution is -2.00. The Kier molecular flexibility index (Phi) is 3.30. The number of hydrogen-bond donors (Lipinski definition) is 0. The Morgan fingerprint density at radius 2 is 1.94 bits per heavy atom. The molecule has 2 nitrogen and oxygen atoms in total. The Hall–Kier alpha value is -0.870. The van der Waals surface area contributed by atoms with Gasteiger partial charge in [0.05, 0.1) is 12.7 Å². The maximum atomic E-state index is 11.4. The van der Waals surface area contributed by atoms with Crippen LogP contribution in [0.1, 0.15) is 10.4 Å². The van der Waals surface area contributed by atoms with Crippen LogP contribution in [0.3, 0.4) is 0 Å². The van der Waals surface area contributed by atoms with Gasteiger partial charge in [-0.1, -0.05) is 12.1 Å². The summed E-state index contributed by atoms with van der Waals surface area (Å²) in [5.74, 6) is -0.319. The summed E-state index contributed by atoms with van der Waals surface area (Å²) >= 11 is 6.94. The number of fused-ring (bicyclic) bond motifs is 1. The smallest absolute Gasteiger partial charge is 0.337 e. The van der Waals surface area contributed by atoms with Gasteiger partial charge in [-0.2, -0.15) is 0 Å². The zero-order chi connectivity index (χ0) is 11.7. The zero-order valence-electron chi connectivity index (χ0n) is 8.46. The number of ether oxygens (including phenoxy) is 1. The lowest BCUT2D eigenvalue weighted by Gasteiger charge is -2.05. The first kappa shape index (κ1) is 11.6. The lowest BCUT2D eigenvalue weighted by atomic mass is 10.1. The molecule has 0 aromatic heterocycles. The van der Waals surface area contributed by atoms with Crippen LogP contribution in [-0.4, -0.2) is 13.1 Å². The molecule has 0 N–H and O–H groups in total. The quantitative estimate of drug-likeness (QED) is 0.727. The summed E-state index contributed by atoms with van der Waals surface area (Å²) in [5, 5.41) is 2.06. The van der Waals surface area contributed by atoms with Crippen LogP contribution in [0.5, 0.6) is 0 Å². The average molecular weight is 344 g/mol. The Bertz CT molecular complexity index is 564. The predicted octanol–water partition coefficient (Wildman–Crippen LogP) is 4.15. The second kappa shape index (κ2) is 4.55. The SMILES string of the molecule is COC(=O)c1ccc2c(Br)c(Br)ccc2c1. The first-order valence-electron chi connectivity index (χ1n) is 4.59. The summed E-state index contributed by atoms with van der Waals surface area (Å²) in [7, 11) is 1.38. The molecule has 0 aliphatic carbocycles. The second-order valence-corrected chi connectivity index (χ2v) is 4.94. The normalized spacial score (nSPS) is 10.4. The van der Waals surface area contributed by atoms with Crippen LogP contribution < -0.4 is 0 Å². The minimum absolute atomic E-state index is 0.319. The largest absolute Gasteiger partial charge is 0.465 e. The highest BCUT2D eigenvalue weighted by atomic mass is 79.9. The van der Waals surface area contributed by atoms with Crippen molar-refractivity contribution < 1.29 is 9.53 Å². The molecular weight excluding hydrogens is 336 g/mol. The summed E-state index contributed by atoms with van der Waals surface area (Å²) in [6.45, 7) is 0. The number of carbonyl (C=O) groups is 1. The number of hydrogen-bond acceptors (Lipinski definition) is 2. The van der Waals surface area contributed by atoms with E-state index in [1.54, 1.807) is 6.07 Å². The maximum Gasteiger partial charge on any atom is 0.337 e. The molecule has 0 atom stereocenters. The van der Waals surface area contributed by atoms with Gasteiger partial charge in [0.1, 0.15) is 0 Å². The standard InChI is InChI=1S/C12H8Br2O2/c1-16-12(15)8-2-4-9-7(6-8)3-5-10(13)11(9)14/h2-6H,1H3. The fourth-order valence-electron chi connectivity index (χ4n) is 1.51. The molecule has 2 rings (SSSR count). The molecule has 2 aromatic carbocycles. The van der Waals surface area contributed by atoms with E-state index in [0.29, 0.717) is 5.56 Å². The first-order chi connectivity index (χ1) is 7.63. The van der Waals surface area contributed by atoms with Gasteiger partial charge in [0.25, 0.3) is 0 Å². The molecule has 4 heteroatoms. The number of methoxy groups -OCH3 is 1. The predicted molar refractivity (Wildman–Crippen MR) is 70.7 cm³/mol. The lowest BCUT2D eigenvalue weighted by molar-refractivity contribution is 0.0601. The van der Waals surface area contributed by atoms with Gasteiger partial charge in [-0.15, -0.1) is 0 Å². The highest BCUT2D eigenvalue weighted by Crippen LogP contribution is 2.31. The van der Waals surface area contributed by atoms with Crippen LogP contribution in [0.2, 0.25) is 0 Å². The number of rotatable bonds is 1. The van der Waals surface area contributed by atoms with Crippen molar-refractivity contribution >= 4 is 48.6 Å². The minimum atomic E-state index is -0.319. The van der Waals surface area contributed by atoms with Gasteiger partial charge < -0.3 is 4.74 Å². The third-order valence-corrected chi connectivity index (χ3v) is 4.38. The van der Waals surface area contributed by atoms with Crippen molar-refractivity contribution in [3.8, 4) is 0 Å². The molecule has 82 valence electrons. The van der Waals surface area contributed by atoms with Crippen LogP contribution >= 0.6 is 31.9 Å². The van der Waals surface area contributed by atoms with E-state index in [2.05, 4.69) is 36.6 Å². The van der Waals surface area contributed by atoms with E-state index in [-0.39, 0.29) is 5.97 Å². The molecule has 0 aliphatic heterocycles. The van der Waals surface area contributed by atoms with E-state index in [1.807, 2.05) is 24.3 Å². The molecule has 0 saturated heterocycles. The van der Waals surface area contributed by atoms with Gasteiger partial charge in [-0.05, 0) is 60.8 Å². The highest BCUT2D eigenvalue weighted by Gasteiger charge is 2.08. The van der Waals surface area contributed by atoms with Crippen molar-refractivity contribution in [3.63, 3.8) is 0 Å². The molecule has 0 radical (unpaired) electrons. The van der Waals surface area contributed by atoms with Crippen LogP contribution in [-0.2, 0) is 4.74 Å². The number of esters is 1. The Balaban J connectivity index is 2.65. The van der Waals surface area contributed by atoms with Crippen molar-refractivity contribution in [2.24, 2.45) is 0 Å². The average Bonchev–Trinajstić information content (AvgIpc) is 2.32. The molecule has 16 heavy (non-hydrogen) atoms. The van der Waals surface area contributed by atoms with E-state index in [0.717, 1.165) is 19.7 Å². The topological polar surface area (TPSA) is 26.3 Å². The monoisotopic (exact) mass is 342 g/mol. The van der Waals surface area contributed by atoms with Crippen LogP contribution in [0, 0.1) is 0 Å². The highest BCUT2D eigenvalue weighted by molar-refractivity contribution is 9.13. The van der Waals surface area contributed by atoms with Crippen molar-refractivity contribution in [3.05, 3.63) is 44.8 Å². The van der Waals surface area contributed by atoms with E-state index >= 15 is 0 Å². The number of halogens is 2. The van der Waals surface area contributed by atoms with Crippen LogP contribution in [0.15, 0.2) is 39.3 Å². The van der Waals surface area contributed by atoms with Gasteiger partial charge >= 0.3 is 5.97 Å². The molecule has 0 spiro atoms. The summed E-state index contributed by atoms with van der Waals surface area (Å²) in [4.78, 5) is 11.4. The Labute approximate surface area is 110 Å². The molecule has 0 bridgehead atoms. The molecule has 0 amide bonds. The van der Waals surface area contributed by atoms with Crippen LogP contribution in [0.4, 0.5) is 0 Å². The fraction of sp³-hybridized carbons (Fsp3) is 0.0833. The Morgan fingerprint density at radius 3 is 2.62 bits per heavy atom. The van der Waals surface area contributed by atoms with Gasteiger partial charge in [0, 0.05) is 8.95 Å². The van der Waals surface area contributed by atoms with Gasteiger partial charge in [0.2, 0.25) is 0 Å². The van der Waals surface area contributed by atoms with Crippen molar-refractivity contribution in [1.82, 2.24) is 0 Å². The number of carbonyl (C=O) groups excluding carboxylic acids is 1.